The van der Waals surface area contributed by atoms with Crippen molar-refractivity contribution < 1.29 is 44.9 Å². The minimum absolute atomic E-state index is 0. The van der Waals surface area contributed by atoms with Gasteiger partial charge in [0, 0.05) is 11.5 Å². The first-order valence-corrected chi connectivity index (χ1v) is 7.12. The van der Waals surface area contributed by atoms with Crippen molar-refractivity contribution in [1.82, 2.24) is 0 Å². The second-order valence-electron chi connectivity index (χ2n) is 6.12. The average molecular weight is 282 g/mol. The Hall–Kier alpha value is 0.470. The maximum Gasteiger partial charge on any atom is 1.00 e. The van der Waals surface area contributed by atoms with Crippen LogP contribution in [0.1, 0.15) is 96.8 Å². The Kier molecular flexibility index (Phi) is 10.2. The van der Waals surface area contributed by atoms with E-state index in [0.717, 1.165) is 19.3 Å². The molecule has 0 aliphatic carbocycles. The summed E-state index contributed by atoms with van der Waals surface area (Å²) in [5.41, 5.74) is 0.392. The van der Waals surface area contributed by atoms with Gasteiger partial charge >= 0.3 is 29.6 Å². The zero-order chi connectivity index (χ0) is 17.4. The number of carbonyl (C=O) groups is 1. The average Bonchev–Trinajstić information content (AvgIpc) is 2.34. The van der Waals surface area contributed by atoms with E-state index in [0.29, 0.717) is 11.8 Å². The normalized spacial score (nSPS) is 15.7. The van der Waals surface area contributed by atoms with Gasteiger partial charge in [-0.15, -0.1) is 0 Å². The summed E-state index contributed by atoms with van der Waals surface area (Å²) in [4.78, 5) is 10.6. The second kappa shape index (κ2) is 13.5. The molecule has 0 radical (unpaired) electrons. The van der Waals surface area contributed by atoms with Crippen LogP contribution in [0.5, 0.6) is 0 Å². The number of rotatable bonds is 11. The molecule has 3 heteroatoms. The summed E-state index contributed by atoms with van der Waals surface area (Å²) in [5.74, 6) is -1.98. The van der Waals surface area contributed by atoms with E-state index in [1.54, 1.807) is 0 Å². The second-order valence-corrected chi connectivity index (χ2v) is 6.12. The van der Waals surface area contributed by atoms with Crippen LogP contribution in [0.3, 0.4) is 0 Å². The molecule has 0 amide bonds. The summed E-state index contributed by atoms with van der Waals surface area (Å²) in [6.45, 7) is 6.73. The van der Waals surface area contributed by atoms with Gasteiger partial charge in [-0.25, -0.2) is 0 Å². The quantitative estimate of drug-likeness (QED) is 0.420. The molecular formula is C16H31NaO2. The minimum Gasteiger partial charge on any atom is -0.550 e. The van der Waals surface area contributed by atoms with Gasteiger partial charge in [0.2, 0.25) is 0 Å². The number of carboxylic acids is 1. The van der Waals surface area contributed by atoms with Gasteiger partial charge in [-0.2, -0.15) is 0 Å². The van der Waals surface area contributed by atoms with E-state index in [2.05, 4.69) is 20.8 Å². The first-order valence-electron chi connectivity index (χ1n) is 9.12. The SMILES string of the molecule is [2H]C([2H])(CCCCCCCCCC(C)(C)C)C([2H])([2H])C(=O)[O-].[Na+]. The molecule has 0 heterocycles. The van der Waals surface area contributed by atoms with Crippen molar-refractivity contribution in [2.75, 3.05) is 0 Å². The Balaban J connectivity index is 0. The van der Waals surface area contributed by atoms with Gasteiger partial charge in [0.25, 0.3) is 0 Å². The maximum atomic E-state index is 10.6. The van der Waals surface area contributed by atoms with Crippen molar-refractivity contribution >= 4 is 5.97 Å². The molecule has 0 saturated heterocycles. The van der Waals surface area contributed by atoms with Crippen molar-refractivity contribution in [1.29, 1.82) is 0 Å². The van der Waals surface area contributed by atoms with E-state index in [1.165, 1.54) is 25.7 Å². The molecule has 0 aromatic rings. The fourth-order valence-electron chi connectivity index (χ4n) is 1.89. The number of unbranched alkanes of at least 4 members (excludes halogenated alkanes) is 6. The molecule has 0 unspecified atom stereocenters. The molecular weight excluding hydrogens is 247 g/mol. The van der Waals surface area contributed by atoms with Crippen molar-refractivity contribution in [3.8, 4) is 0 Å². The predicted molar refractivity (Wildman–Crippen MR) is 75.2 cm³/mol. The van der Waals surface area contributed by atoms with E-state index < -0.39 is 18.7 Å². The summed E-state index contributed by atoms with van der Waals surface area (Å²) in [6.07, 6.45) is 2.85. The van der Waals surface area contributed by atoms with E-state index in [9.17, 15) is 9.90 Å². The monoisotopic (exact) mass is 282 g/mol. The van der Waals surface area contributed by atoms with Gasteiger partial charge < -0.3 is 9.90 Å². The first kappa shape index (κ1) is 14.4. The van der Waals surface area contributed by atoms with Gasteiger partial charge in [-0.3, -0.25) is 0 Å². The van der Waals surface area contributed by atoms with E-state index in [-0.39, 0.29) is 36.0 Å². The van der Waals surface area contributed by atoms with Gasteiger partial charge in [-0.05, 0) is 24.6 Å². The summed E-state index contributed by atoms with van der Waals surface area (Å²) >= 11 is 0. The Morgan fingerprint density at radius 2 is 1.37 bits per heavy atom. The fourth-order valence-corrected chi connectivity index (χ4v) is 1.89. The number of carboxylic acid groups (broad SMARTS) is 1. The van der Waals surface area contributed by atoms with Crippen molar-refractivity contribution in [3.05, 3.63) is 0 Å². The molecule has 0 aromatic carbocycles. The van der Waals surface area contributed by atoms with Gasteiger partial charge in [0.15, 0.2) is 0 Å². The fraction of sp³-hybridized carbons (Fsp3) is 0.938. The van der Waals surface area contributed by atoms with E-state index in [4.69, 9.17) is 5.48 Å². The Bertz CT molecular complexity index is 341. The molecule has 0 bridgehead atoms. The molecule has 0 spiro atoms. The molecule has 0 aliphatic heterocycles. The topological polar surface area (TPSA) is 40.1 Å². The van der Waals surface area contributed by atoms with Crippen molar-refractivity contribution in [2.45, 2.75) is 91.3 Å². The van der Waals surface area contributed by atoms with Crippen LogP contribution in [0.2, 0.25) is 0 Å². The Morgan fingerprint density at radius 3 is 1.79 bits per heavy atom. The van der Waals surface area contributed by atoms with Crippen LogP contribution in [0.4, 0.5) is 0 Å². The van der Waals surface area contributed by atoms with E-state index in [1.807, 2.05) is 0 Å². The smallest absolute Gasteiger partial charge is 0.550 e. The largest absolute Gasteiger partial charge is 1.00 e. The number of hydrogen-bond acceptors (Lipinski definition) is 2. The van der Waals surface area contributed by atoms with Crippen LogP contribution in [0.15, 0.2) is 0 Å². The van der Waals surface area contributed by atoms with Crippen LogP contribution in [0, 0.1) is 5.41 Å². The first-order chi connectivity index (χ1) is 9.90. The molecule has 0 aromatic heterocycles. The zero-order valence-corrected chi connectivity index (χ0v) is 15.2. The number of hydrogen-bond donors (Lipinski definition) is 0. The minimum atomic E-state index is -2.93. The van der Waals surface area contributed by atoms with Gasteiger partial charge in [0.1, 0.15) is 0 Å². The molecule has 108 valence electrons. The van der Waals surface area contributed by atoms with Crippen LogP contribution < -0.4 is 34.7 Å². The zero-order valence-electron chi connectivity index (χ0n) is 17.2. The van der Waals surface area contributed by atoms with Gasteiger partial charge in [-0.1, -0.05) is 72.1 Å². The summed E-state index contributed by atoms with van der Waals surface area (Å²) < 4.78 is 29.6. The van der Waals surface area contributed by atoms with Crippen molar-refractivity contribution in [3.63, 3.8) is 0 Å². The van der Waals surface area contributed by atoms with Crippen LogP contribution in [0.25, 0.3) is 0 Å². The molecule has 0 atom stereocenters. The molecule has 0 aliphatic rings. The van der Waals surface area contributed by atoms with Gasteiger partial charge in [0.05, 0.1) is 0 Å². The van der Waals surface area contributed by atoms with E-state index >= 15 is 0 Å². The standard InChI is InChI=1S/C16H32O2.Na/c1-16(2,3)14-12-10-8-6-4-5-7-9-11-13-15(17)18;/h4-14H2,1-3H3,(H,17,18);/q;+1/p-1/i11D2,13D2;. The third-order valence-electron chi connectivity index (χ3n) is 2.92. The molecule has 19 heavy (non-hydrogen) atoms. The molecule has 0 fully saturated rings. The third-order valence-corrected chi connectivity index (χ3v) is 2.92. The molecule has 2 nitrogen and oxygen atoms in total. The van der Waals surface area contributed by atoms with Crippen molar-refractivity contribution in [2.24, 2.45) is 5.41 Å². The molecule has 0 rings (SSSR count). The molecule has 0 saturated carbocycles. The summed E-state index contributed by atoms with van der Waals surface area (Å²) in [7, 11) is 0. The predicted octanol–water partition coefficient (Wildman–Crippen LogP) is 1.08. The Labute approximate surface area is 147 Å². The summed E-state index contributed by atoms with van der Waals surface area (Å²) in [5, 5.41) is 10.6. The third kappa shape index (κ3) is 20.9. The van der Waals surface area contributed by atoms with Crippen LogP contribution in [-0.2, 0) is 4.79 Å². The summed E-state index contributed by atoms with van der Waals surface area (Å²) in [6, 6.07) is 0. The number of carbonyl (C=O) groups excluding carboxylic acids is 1. The van der Waals surface area contributed by atoms with Crippen LogP contribution in [-0.4, -0.2) is 5.97 Å². The Morgan fingerprint density at radius 1 is 0.947 bits per heavy atom. The number of aliphatic carboxylic acids is 1. The molecule has 0 N–H and O–H groups in total. The maximum absolute atomic E-state index is 10.6. The van der Waals surface area contributed by atoms with Crippen LogP contribution >= 0.6 is 0 Å².